The number of carbonyl (C=O) groups excluding carboxylic acids is 1. The topological polar surface area (TPSA) is 42.1 Å². The fourth-order valence-electron chi connectivity index (χ4n) is 1.43. The van der Waals surface area contributed by atoms with Gasteiger partial charge in [0.05, 0.1) is 17.6 Å². The highest BCUT2D eigenvalue weighted by atomic mass is 35.5. The van der Waals surface area contributed by atoms with E-state index in [1.165, 1.54) is 0 Å². The highest BCUT2D eigenvalue weighted by Gasteiger charge is 2.08. The van der Waals surface area contributed by atoms with Crippen molar-refractivity contribution in [1.82, 2.24) is 4.98 Å². The van der Waals surface area contributed by atoms with Crippen LogP contribution >= 0.6 is 11.6 Å². The minimum atomic E-state index is 0.516. The maximum absolute atomic E-state index is 10.7. The summed E-state index contributed by atoms with van der Waals surface area (Å²) in [5.74, 6) is 0.668. The van der Waals surface area contributed by atoms with Gasteiger partial charge in [-0.2, -0.15) is 0 Å². The zero-order chi connectivity index (χ0) is 10.1. The second-order valence-corrected chi connectivity index (χ2v) is 3.30. The molecule has 0 atom stereocenters. The minimum absolute atomic E-state index is 0.516. The number of hydrogen-bond donors (Lipinski definition) is 1. The Bertz CT molecular complexity index is 490. The van der Waals surface area contributed by atoms with Crippen LogP contribution in [0.1, 0.15) is 10.4 Å². The lowest BCUT2D eigenvalue weighted by atomic mass is 10.2. The number of halogens is 1. The smallest absolute Gasteiger partial charge is 0.152 e. The number of H-pyrrole nitrogens is 1. The molecule has 0 fully saturated rings. The Kier molecular flexibility index (Phi) is 2.17. The molecule has 1 aromatic carbocycles. The molecule has 0 aliphatic carbocycles. The lowest BCUT2D eigenvalue weighted by Gasteiger charge is -2.01. The zero-order valence-electron chi connectivity index (χ0n) is 7.50. The number of benzene rings is 1. The van der Waals surface area contributed by atoms with Crippen LogP contribution in [-0.2, 0) is 0 Å². The number of fused-ring (bicyclic) bond motifs is 1. The number of hydrogen-bond acceptors (Lipinski definition) is 2. The van der Waals surface area contributed by atoms with Crippen LogP contribution in [0.4, 0.5) is 0 Å². The van der Waals surface area contributed by atoms with E-state index in [2.05, 4.69) is 4.98 Å². The van der Waals surface area contributed by atoms with E-state index in [9.17, 15) is 4.79 Å². The molecule has 0 amide bonds. The van der Waals surface area contributed by atoms with Gasteiger partial charge in [0.15, 0.2) is 6.29 Å². The molecular weight excluding hydrogens is 202 g/mol. The summed E-state index contributed by atoms with van der Waals surface area (Å²) in [5.41, 5.74) is 1.36. The summed E-state index contributed by atoms with van der Waals surface area (Å²) in [6.07, 6.45) is 2.40. The molecule has 0 bridgehead atoms. The van der Waals surface area contributed by atoms with E-state index in [-0.39, 0.29) is 0 Å². The third kappa shape index (κ3) is 1.26. The van der Waals surface area contributed by atoms with Gasteiger partial charge in [-0.15, -0.1) is 0 Å². The molecule has 0 saturated heterocycles. The van der Waals surface area contributed by atoms with Crippen LogP contribution < -0.4 is 4.74 Å². The molecule has 0 aliphatic heterocycles. The number of nitrogens with one attached hydrogen (secondary N) is 1. The first kappa shape index (κ1) is 9.09. The summed E-state index contributed by atoms with van der Waals surface area (Å²) in [7, 11) is 1.57. The van der Waals surface area contributed by atoms with E-state index in [1.54, 1.807) is 25.4 Å². The normalized spacial score (nSPS) is 10.4. The monoisotopic (exact) mass is 209 g/mol. The van der Waals surface area contributed by atoms with Crippen LogP contribution in [0.15, 0.2) is 18.3 Å². The van der Waals surface area contributed by atoms with E-state index in [4.69, 9.17) is 16.3 Å². The maximum atomic E-state index is 10.7. The molecule has 0 spiro atoms. The maximum Gasteiger partial charge on any atom is 0.152 e. The fourth-order valence-corrected chi connectivity index (χ4v) is 1.75. The van der Waals surface area contributed by atoms with Crippen molar-refractivity contribution in [2.45, 2.75) is 0 Å². The Morgan fingerprint density at radius 3 is 2.93 bits per heavy atom. The van der Waals surface area contributed by atoms with Gasteiger partial charge in [0.1, 0.15) is 5.75 Å². The highest BCUT2D eigenvalue weighted by Crippen LogP contribution is 2.30. The van der Waals surface area contributed by atoms with Gasteiger partial charge in [0.25, 0.3) is 0 Å². The van der Waals surface area contributed by atoms with Crippen LogP contribution in [0, 0.1) is 0 Å². The third-order valence-corrected chi connectivity index (χ3v) is 2.40. The van der Waals surface area contributed by atoms with Crippen molar-refractivity contribution in [3.63, 3.8) is 0 Å². The summed E-state index contributed by atoms with van der Waals surface area (Å²) in [4.78, 5) is 13.6. The van der Waals surface area contributed by atoms with E-state index in [1.807, 2.05) is 0 Å². The molecule has 1 heterocycles. The number of aromatic amines is 1. The van der Waals surface area contributed by atoms with Crippen molar-refractivity contribution >= 4 is 28.8 Å². The first-order valence-electron chi connectivity index (χ1n) is 4.06. The average molecular weight is 210 g/mol. The Hall–Kier alpha value is -1.48. The average Bonchev–Trinajstić information content (AvgIpc) is 2.61. The molecule has 2 rings (SSSR count). The molecule has 14 heavy (non-hydrogen) atoms. The standard InChI is InChI=1S/C10H8ClNO2/c1-14-7-2-8(11)10-6(5-13)4-12-9(10)3-7/h2-5,12H,1H3. The lowest BCUT2D eigenvalue weighted by molar-refractivity contribution is 0.112. The lowest BCUT2D eigenvalue weighted by Crippen LogP contribution is -1.83. The zero-order valence-corrected chi connectivity index (χ0v) is 8.26. The molecular formula is C10H8ClNO2. The molecule has 1 aromatic heterocycles. The van der Waals surface area contributed by atoms with Gasteiger partial charge < -0.3 is 9.72 Å². The molecule has 2 aromatic rings. The number of aromatic nitrogens is 1. The molecule has 4 heteroatoms. The van der Waals surface area contributed by atoms with Gasteiger partial charge in [-0.1, -0.05) is 11.6 Å². The van der Waals surface area contributed by atoms with Crippen LogP contribution in [0.5, 0.6) is 5.75 Å². The van der Waals surface area contributed by atoms with E-state index < -0.39 is 0 Å². The molecule has 1 N–H and O–H groups in total. The molecule has 0 saturated carbocycles. The first-order chi connectivity index (χ1) is 6.76. The number of aldehydes is 1. The summed E-state index contributed by atoms with van der Waals surface area (Å²) in [6.45, 7) is 0. The van der Waals surface area contributed by atoms with Crippen molar-refractivity contribution in [1.29, 1.82) is 0 Å². The van der Waals surface area contributed by atoms with Gasteiger partial charge in [0.2, 0.25) is 0 Å². The van der Waals surface area contributed by atoms with E-state index in [0.717, 1.165) is 17.2 Å². The largest absolute Gasteiger partial charge is 0.497 e. The number of methoxy groups -OCH3 is 1. The van der Waals surface area contributed by atoms with Crippen LogP contribution in [-0.4, -0.2) is 18.4 Å². The summed E-state index contributed by atoms with van der Waals surface area (Å²) in [5, 5.41) is 1.25. The second kappa shape index (κ2) is 3.35. The highest BCUT2D eigenvalue weighted by molar-refractivity contribution is 6.36. The first-order valence-corrected chi connectivity index (χ1v) is 4.44. The Labute approximate surface area is 85.6 Å². The van der Waals surface area contributed by atoms with Gasteiger partial charge in [-0.05, 0) is 6.07 Å². The fraction of sp³-hybridized carbons (Fsp3) is 0.100. The predicted octanol–water partition coefficient (Wildman–Crippen LogP) is 2.64. The molecule has 0 unspecified atom stereocenters. The van der Waals surface area contributed by atoms with Crippen LogP contribution in [0.3, 0.4) is 0 Å². The summed E-state index contributed by atoms with van der Waals surface area (Å²) < 4.78 is 5.05. The van der Waals surface area contributed by atoms with Gasteiger partial charge in [-0.25, -0.2) is 0 Å². The number of rotatable bonds is 2. The van der Waals surface area contributed by atoms with Crippen molar-refractivity contribution in [2.75, 3.05) is 7.11 Å². The molecule has 0 radical (unpaired) electrons. The van der Waals surface area contributed by atoms with Crippen LogP contribution in [0.25, 0.3) is 10.9 Å². The van der Waals surface area contributed by atoms with Gasteiger partial charge in [-0.3, -0.25) is 4.79 Å². The van der Waals surface area contributed by atoms with Crippen molar-refractivity contribution in [3.05, 3.63) is 28.9 Å². The summed E-state index contributed by atoms with van der Waals surface area (Å²) >= 11 is 6.01. The van der Waals surface area contributed by atoms with Crippen molar-refractivity contribution < 1.29 is 9.53 Å². The Morgan fingerprint density at radius 1 is 1.50 bits per heavy atom. The summed E-state index contributed by atoms with van der Waals surface area (Å²) in [6, 6.07) is 3.49. The predicted molar refractivity (Wildman–Crippen MR) is 55.2 cm³/mol. The van der Waals surface area contributed by atoms with Crippen LogP contribution in [0.2, 0.25) is 5.02 Å². The quantitative estimate of drug-likeness (QED) is 0.773. The third-order valence-electron chi connectivity index (χ3n) is 2.10. The second-order valence-electron chi connectivity index (χ2n) is 2.89. The number of ether oxygens (including phenoxy) is 1. The molecule has 3 nitrogen and oxygen atoms in total. The molecule has 72 valence electrons. The van der Waals surface area contributed by atoms with Gasteiger partial charge >= 0.3 is 0 Å². The Morgan fingerprint density at radius 2 is 2.29 bits per heavy atom. The van der Waals surface area contributed by atoms with Crippen molar-refractivity contribution in [3.8, 4) is 5.75 Å². The van der Waals surface area contributed by atoms with Gasteiger partial charge in [0, 0.05) is 23.2 Å². The molecule has 0 aliphatic rings. The van der Waals surface area contributed by atoms with E-state index in [0.29, 0.717) is 16.3 Å². The number of carbonyl (C=O) groups is 1. The van der Waals surface area contributed by atoms with Crippen molar-refractivity contribution in [2.24, 2.45) is 0 Å². The Balaban J connectivity index is 2.78. The minimum Gasteiger partial charge on any atom is -0.497 e. The SMILES string of the molecule is COc1cc(Cl)c2c(C=O)c[nH]c2c1. The van der Waals surface area contributed by atoms with E-state index >= 15 is 0 Å².